The molecule has 0 bridgehead atoms. The standard InChI is InChI=1S/C15H18N4O/c1-12-15(19-11-18-12)10-17-13-5-4-6-14(9-13)20-8-3-2-7-16/h4-6,9,11,17H,2-3,8,10H2,1H3,(H,18,19). The summed E-state index contributed by atoms with van der Waals surface area (Å²) in [5, 5.41) is 11.8. The minimum atomic E-state index is 0.524. The molecule has 0 atom stereocenters. The molecule has 2 aromatic rings. The smallest absolute Gasteiger partial charge is 0.121 e. The molecule has 1 aromatic carbocycles. The fourth-order valence-corrected chi connectivity index (χ4v) is 1.79. The number of hydrogen-bond donors (Lipinski definition) is 2. The van der Waals surface area contributed by atoms with Gasteiger partial charge in [0.1, 0.15) is 5.75 Å². The number of anilines is 1. The quantitative estimate of drug-likeness (QED) is 0.758. The number of ether oxygens (including phenoxy) is 1. The molecule has 104 valence electrons. The van der Waals surface area contributed by atoms with Crippen LogP contribution in [0.15, 0.2) is 30.6 Å². The number of nitrogens with one attached hydrogen (secondary N) is 2. The van der Waals surface area contributed by atoms with Crippen molar-refractivity contribution in [3.05, 3.63) is 42.0 Å². The van der Waals surface area contributed by atoms with Gasteiger partial charge < -0.3 is 15.0 Å². The van der Waals surface area contributed by atoms with Crippen LogP contribution in [0.3, 0.4) is 0 Å². The van der Waals surface area contributed by atoms with Crippen LogP contribution in [0.2, 0.25) is 0 Å². The Morgan fingerprint density at radius 2 is 2.35 bits per heavy atom. The van der Waals surface area contributed by atoms with Crippen molar-refractivity contribution in [2.24, 2.45) is 0 Å². The van der Waals surface area contributed by atoms with E-state index in [1.165, 1.54) is 0 Å². The number of nitrogens with zero attached hydrogens (tertiary/aromatic N) is 2. The van der Waals surface area contributed by atoms with E-state index in [0.29, 0.717) is 19.6 Å². The molecule has 2 rings (SSSR count). The summed E-state index contributed by atoms with van der Waals surface area (Å²) in [4.78, 5) is 7.30. The van der Waals surface area contributed by atoms with E-state index >= 15 is 0 Å². The average Bonchev–Trinajstić information content (AvgIpc) is 2.87. The first-order valence-electron chi connectivity index (χ1n) is 6.62. The second-order valence-corrected chi connectivity index (χ2v) is 4.47. The summed E-state index contributed by atoms with van der Waals surface area (Å²) in [6, 6.07) is 9.91. The zero-order chi connectivity index (χ0) is 14.2. The van der Waals surface area contributed by atoms with Gasteiger partial charge in [-0.15, -0.1) is 0 Å². The molecule has 0 saturated carbocycles. The lowest BCUT2D eigenvalue weighted by Crippen LogP contribution is -2.02. The third-order valence-corrected chi connectivity index (χ3v) is 2.93. The van der Waals surface area contributed by atoms with Crippen molar-refractivity contribution in [1.82, 2.24) is 9.97 Å². The highest BCUT2D eigenvalue weighted by Crippen LogP contribution is 2.18. The van der Waals surface area contributed by atoms with Gasteiger partial charge in [-0.05, 0) is 25.5 Å². The van der Waals surface area contributed by atoms with Gasteiger partial charge in [-0.2, -0.15) is 5.26 Å². The molecule has 0 aliphatic carbocycles. The van der Waals surface area contributed by atoms with E-state index in [-0.39, 0.29) is 0 Å². The third-order valence-electron chi connectivity index (χ3n) is 2.93. The Hall–Kier alpha value is -2.48. The molecule has 0 unspecified atom stereocenters. The Bertz CT molecular complexity index is 586. The first-order chi connectivity index (χ1) is 9.79. The fourth-order valence-electron chi connectivity index (χ4n) is 1.79. The van der Waals surface area contributed by atoms with Gasteiger partial charge in [-0.3, -0.25) is 0 Å². The number of benzene rings is 1. The van der Waals surface area contributed by atoms with Crippen LogP contribution in [0.4, 0.5) is 5.69 Å². The number of aromatic amines is 1. The van der Waals surface area contributed by atoms with Crippen molar-refractivity contribution >= 4 is 5.69 Å². The van der Waals surface area contributed by atoms with Crippen LogP contribution in [-0.2, 0) is 6.54 Å². The molecule has 0 fully saturated rings. The Labute approximate surface area is 118 Å². The number of nitriles is 1. The molecule has 0 aliphatic rings. The van der Waals surface area contributed by atoms with Gasteiger partial charge >= 0.3 is 0 Å². The van der Waals surface area contributed by atoms with E-state index in [1.54, 1.807) is 6.33 Å². The van der Waals surface area contributed by atoms with Crippen molar-refractivity contribution in [2.75, 3.05) is 11.9 Å². The number of hydrogen-bond acceptors (Lipinski definition) is 4. The monoisotopic (exact) mass is 270 g/mol. The first kappa shape index (κ1) is 13.9. The normalized spacial score (nSPS) is 10.0. The number of aromatic nitrogens is 2. The van der Waals surface area contributed by atoms with Gasteiger partial charge in [0, 0.05) is 23.9 Å². The van der Waals surface area contributed by atoms with E-state index in [2.05, 4.69) is 21.4 Å². The van der Waals surface area contributed by atoms with Crippen molar-refractivity contribution in [1.29, 1.82) is 5.26 Å². The number of unbranched alkanes of at least 4 members (excludes halogenated alkanes) is 1. The minimum absolute atomic E-state index is 0.524. The SMILES string of the molecule is Cc1[nH]cnc1CNc1cccc(OCCCC#N)c1. The van der Waals surface area contributed by atoms with Gasteiger partial charge in [0.2, 0.25) is 0 Å². The summed E-state index contributed by atoms with van der Waals surface area (Å²) in [7, 11) is 0. The van der Waals surface area contributed by atoms with Crippen LogP contribution in [0.5, 0.6) is 5.75 Å². The highest BCUT2D eigenvalue weighted by molar-refractivity contribution is 5.48. The van der Waals surface area contributed by atoms with Crippen LogP contribution >= 0.6 is 0 Å². The largest absolute Gasteiger partial charge is 0.493 e. The zero-order valence-electron chi connectivity index (χ0n) is 11.5. The number of rotatable bonds is 7. The van der Waals surface area contributed by atoms with Crippen LogP contribution < -0.4 is 10.1 Å². The van der Waals surface area contributed by atoms with E-state index in [1.807, 2.05) is 31.2 Å². The maximum absolute atomic E-state index is 8.47. The molecule has 20 heavy (non-hydrogen) atoms. The first-order valence-corrected chi connectivity index (χ1v) is 6.62. The maximum Gasteiger partial charge on any atom is 0.121 e. The lowest BCUT2D eigenvalue weighted by Gasteiger charge is -2.09. The summed E-state index contributed by atoms with van der Waals surface area (Å²) >= 11 is 0. The Morgan fingerprint density at radius 1 is 1.45 bits per heavy atom. The minimum Gasteiger partial charge on any atom is -0.493 e. The number of H-pyrrole nitrogens is 1. The Balaban J connectivity index is 1.86. The van der Waals surface area contributed by atoms with Crippen molar-refractivity contribution < 1.29 is 4.74 Å². The molecule has 5 heteroatoms. The summed E-state index contributed by atoms with van der Waals surface area (Å²) in [6.45, 7) is 3.24. The van der Waals surface area contributed by atoms with E-state index in [9.17, 15) is 0 Å². The predicted octanol–water partition coefficient (Wildman–Crippen LogP) is 3.01. The van der Waals surface area contributed by atoms with Crippen molar-refractivity contribution in [3.63, 3.8) is 0 Å². The van der Waals surface area contributed by atoms with Gasteiger partial charge in [-0.25, -0.2) is 4.98 Å². The van der Waals surface area contributed by atoms with Crippen molar-refractivity contribution in [2.45, 2.75) is 26.3 Å². The summed E-state index contributed by atoms with van der Waals surface area (Å²) in [6.07, 6.45) is 2.97. The fraction of sp³-hybridized carbons (Fsp3) is 0.333. The lowest BCUT2D eigenvalue weighted by atomic mass is 10.2. The predicted molar refractivity (Wildman–Crippen MR) is 77.4 cm³/mol. The molecule has 0 radical (unpaired) electrons. The lowest BCUT2D eigenvalue weighted by molar-refractivity contribution is 0.313. The van der Waals surface area contributed by atoms with E-state index in [0.717, 1.165) is 29.2 Å². The molecule has 0 aliphatic heterocycles. The van der Waals surface area contributed by atoms with Gasteiger partial charge in [0.25, 0.3) is 0 Å². The number of imidazole rings is 1. The molecule has 0 amide bonds. The molecule has 1 aromatic heterocycles. The van der Waals surface area contributed by atoms with Crippen molar-refractivity contribution in [3.8, 4) is 11.8 Å². The molecule has 0 spiro atoms. The maximum atomic E-state index is 8.47. The summed E-state index contributed by atoms with van der Waals surface area (Å²) in [5.74, 6) is 0.812. The molecule has 1 heterocycles. The molecule has 2 N–H and O–H groups in total. The van der Waals surface area contributed by atoms with Gasteiger partial charge in [0.05, 0.1) is 31.2 Å². The van der Waals surface area contributed by atoms with Crippen LogP contribution in [0.25, 0.3) is 0 Å². The second kappa shape index (κ2) is 7.19. The molecular formula is C15H18N4O. The highest BCUT2D eigenvalue weighted by atomic mass is 16.5. The summed E-state index contributed by atoms with van der Waals surface area (Å²) < 4.78 is 5.60. The second-order valence-electron chi connectivity index (χ2n) is 4.47. The number of aryl methyl sites for hydroxylation is 1. The zero-order valence-corrected chi connectivity index (χ0v) is 11.5. The summed E-state index contributed by atoms with van der Waals surface area (Å²) in [5.41, 5.74) is 3.07. The van der Waals surface area contributed by atoms with Gasteiger partial charge in [-0.1, -0.05) is 6.07 Å². The van der Waals surface area contributed by atoms with Gasteiger partial charge in [0.15, 0.2) is 0 Å². The van der Waals surface area contributed by atoms with Crippen LogP contribution in [0, 0.1) is 18.3 Å². The average molecular weight is 270 g/mol. The molecular weight excluding hydrogens is 252 g/mol. The molecule has 5 nitrogen and oxygen atoms in total. The van der Waals surface area contributed by atoms with Crippen LogP contribution in [-0.4, -0.2) is 16.6 Å². The molecule has 0 saturated heterocycles. The van der Waals surface area contributed by atoms with E-state index < -0.39 is 0 Å². The Morgan fingerprint density at radius 3 is 3.10 bits per heavy atom. The van der Waals surface area contributed by atoms with Crippen LogP contribution in [0.1, 0.15) is 24.2 Å². The van der Waals surface area contributed by atoms with E-state index in [4.69, 9.17) is 10.00 Å². The Kier molecular flexibility index (Phi) is 5.01. The highest BCUT2D eigenvalue weighted by Gasteiger charge is 2.01. The third kappa shape index (κ3) is 4.02. The topological polar surface area (TPSA) is 73.7 Å².